The molecular formula is C12H23N3O2. The highest BCUT2D eigenvalue weighted by molar-refractivity contribution is 5.82. The zero-order valence-electron chi connectivity index (χ0n) is 10.7. The van der Waals surface area contributed by atoms with E-state index >= 15 is 0 Å². The van der Waals surface area contributed by atoms with Crippen LogP contribution in [0.4, 0.5) is 0 Å². The molecule has 98 valence electrons. The van der Waals surface area contributed by atoms with Crippen molar-refractivity contribution >= 4 is 11.8 Å². The second-order valence-electron chi connectivity index (χ2n) is 4.79. The first-order valence-electron chi connectivity index (χ1n) is 6.37. The molecule has 0 aliphatic heterocycles. The fourth-order valence-electron chi connectivity index (χ4n) is 1.46. The van der Waals surface area contributed by atoms with Crippen LogP contribution in [0.25, 0.3) is 0 Å². The molecule has 1 unspecified atom stereocenters. The van der Waals surface area contributed by atoms with E-state index in [2.05, 4.69) is 10.6 Å². The van der Waals surface area contributed by atoms with Crippen molar-refractivity contribution in [2.75, 3.05) is 6.54 Å². The van der Waals surface area contributed by atoms with Crippen molar-refractivity contribution < 1.29 is 9.59 Å². The van der Waals surface area contributed by atoms with E-state index in [0.29, 0.717) is 19.0 Å². The molecule has 1 aliphatic carbocycles. The van der Waals surface area contributed by atoms with Crippen molar-refractivity contribution in [3.63, 3.8) is 0 Å². The smallest absolute Gasteiger partial charge is 0.237 e. The van der Waals surface area contributed by atoms with Crippen molar-refractivity contribution in [3.8, 4) is 0 Å². The third-order valence-electron chi connectivity index (χ3n) is 3.15. The van der Waals surface area contributed by atoms with Gasteiger partial charge in [0.05, 0.1) is 6.04 Å². The predicted molar refractivity (Wildman–Crippen MR) is 66.2 cm³/mol. The van der Waals surface area contributed by atoms with Gasteiger partial charge in [0.1, 0.15) is 0 Å². The minimum Gasteiger partial charge on any atom is -0.354 e. The molecule has 1 rings (SSSR count). The second kappa shape index (κ2) is 6.59. The molecule has 0 saturated heterocycles. The Morgan fingerprint density at radius 2 is 2.06 bits per heavy atom. The number of hydrogen-bond donors (Lipinski definition) is 3. The summed E-state index contributed by atoms with van der Waals surface area (Å²) >= 11 is 0. The molecule has 0 aromatic heterocycles. The first-order chi connectivity index (χ1) is 8.04. The topological polar surface area (TPSA) is 84.2 Å². The molecule has 0 spiro atoms. The summed E-state index contributed by atoms with van der Waals surface area (Å²) in [6, 6.07) is -0.105. The van der Waals surface area contributed by atoms with Gasteiger partial charge in [0, 0.05) is 19.0 Å². The Balaban J connectivity index is 2.12. The van der Waals surface area contributed by atoms with Gasteiger partial charge in [0.15, 0.2) is 0 Å². The van der Waals surface area contributed by atoms with Gasteiger partial charge in [-0.25, -0.2) is 0 Å². The Labute approximate surface area is 103 Å². The molecule has 17 heavy (non-hydrogen) atoms. The van der Waals surface area contributed by atoms with Crippen LogP contribution in [0.2, 0.25) is 0 Å². The second-order valence-corrected chi connectivity index (χ2v) is 4.79. The van der Waals surface area contributed by atoms with E-state index < -0.39 is 6.04 Å². The third kappa shape index (κ3) is 5.17. The zero-order valence-corrected chi connectivity index (χ0v) is 10.7. The van der Waals surface area contributed by atoms with Crippen LogP contribution in [0.3, 0.4) is 0 Å². The first-order valence-corrected chi connectivity index (χ1v) is 6.37. The molecule has 5 heteroatoms. The maximum Gasteiger partial charge on any atom is 0.237 e. The lowest BCUT2D eigenvalue weighted by atomic mass is 9.99. The van der Waals surface area contributed by atoms with Gasteiger partial charge in [-0.2, -0.15) is 0 Å². The van der Waals surface area contributed by atoms with E-state index in [1.165, 1.54) is 0 Å². The molecule has 0 bridgehead atoms. The quantitative estimate of drug-likeness (QED) is 0.593. The van der Waals surface area contributed by atoms with Crippen molar-refractivity contribution in [3.05, 3.63) is 0 Å². The van der Waals surface area contributed by atoms with E-state index in [9.17, 15) is 9.59 Å². The minimum atomic E-state index is -0.480. The number of nitrogens with one attached hydrogen (secondary N) is 2. The molecule has 4 N–H and O–H groups in total. The van der Waals surface area contributed by atoms with Gasteiger partial charge in [-0.3, -0.25) is 9.59 Å². The minimum absolute atomic E-state index is 0.00455. The summed E-state index contributed by atoms with van der Waals surface area (Å²) in [5.74, 6) is -0.00114. The molecule has 2 amide bonds. The third-order valence-corrected chi connectivity index (χ3v) is 3.15. The van der Waals surface area contributed by atoms with E-state index in [4.69, 9.17) is 5.73 Å². The van der Waals surface area contributed by atoms with Gasteiger partial charge in [-0.1, -0.05) is 20.3 Å². The maximum atomic E-state index is 11.6. The van der Waals surface area contributed by atoms with Gasteiger partial charge < -0.3 is 16.4 Å². The van der Waals surface area contributed by atoms with Gasteiger partial charge in [-0.05, 0) is 18.8 Å². The SMILES string of the molecule is CCC(C)[C@H](N)C(=O)NCCC(=O)NC1CC1. The van der Waals surface area contributed by atoms with Crippen LogP contribution in [-0.2, 0) is 9.59 Å². The molecule has 0 aromatic rings. The first kappa shape index (κ1) is 14.0. The van der Waals surface area contributed by atoms with Crippen LogP contribution in [0.15, 0.2) is 0 Å². The summed E-state index contributed by atoms with van der Waals surface area (Å²) in [6.07, 6.45) is 3.36. The summed E-state index contributed by atoms with van der Waals surface area (Å²) < 4.78 is 0. The molecule has 1 aliphatic rings. The monoisotopic (exact) mass is 241 g/mol. The van der Waals surface area contributed by atoms with Crippen LogP contribution >= 0.6 is 0 Å². The standard InChI is InChI=1S/C12H23N3O2/c1-3-8(2)11(13)12(17)14-7-6-10(16)15-9-4-5-9/h8-9,11H,3-7,13H2,1-2H3,(H,14,17)(H,15,16)/t8?,11-/m0/s1. The average Bonchev–Trinajstić information content (AvgIpc) is 3.10. The Kier molecular flexibility index (Phi) is 5.41. The molecule has 2 atom stereocenters. The molecular weight excluding hydrogens is 218 g/mol. The van der Waals surface area contributed by atoms with Crippen molar-refractivity contribution in [2.24, 2.45) is 11.7 Å². The molecule has 1 saturated carbocycles. The van der Waals surface area contributed by atoms with E-state index in [1.807, 2.05) is 13.8 Å². The van der Waals surface area contributed by atoms with Crippen molar-refractivity contribution in [1.29, 1.82) is 0 Å². The summed E-state index contributed by atoms with van der Waals surface area (Å²) in [6.45, 7) is 4.31. The van der Waals surface area contributed by atoms with E-state index in [-0.39, 0.29) is 17.7 Å². The Hall–Kier alpha value is -1.10. The molecule has 1 fully saturated rings. The van der Waals surface area contributed by atoms with Crippen LogP contribution in [0, 0.1) is 5.92 Å². The van der Waals surface area contributed by atoms with Gasteiger partial charge in [-0.15, -0.1) is 0 Å². The Bertz CT molecular complexity index is 277. The van der Waals surface area contributed by atoms with E-state index in [1.54, 1.807) is 0 Å². The molecule has 5 nitrogen and oxygen atoms in total. The normalized spacial score (nSPS) is 18.3. The van der Waals surface area contributed by atoms with Gasteiger partial charge >= 0.3 is 0 Å². The summed E-state index contributed by atoms with van der Waals surface area (Å²) in [4.78, 5) is 22.9. The van der Waals surface area contributed by atoms with Gasteiger partial charge in [0.25, 0.3) is 0 Å². The Morgan fingerprint density at radius 3 is 2.59 bits per heavy atom. The van der Waals surface area contributed by atoms with Crippen molar-refractivity contribution in [1.82, 2.24) is 10.6 Å². The lowest BCUT2D eigenvalue weighted by Gasteiger charge is -2.17. The number of nitrogens with two attached hydrogens (primary N) is 1. The van der Waals surface area contributed by atoms with Crippen LogP contribution in [0.5, 0.6) is 0 Å². The van der Waals surface area contributed by atoms with Crippen molar-refractivity contribution in [2.45, 2.75) is 51.6 Å². The Morgan fingerprint density at radius 1 is 1.41 bits per heavy atom. The average molecular weight is 241 g/mol. The molecule has 0 aromatic carbocycles. The number of hydrogen-bond acceptors (Lipinski definition) is 3. The van der Waals surface area contributed by atoms with E-state index in [0.717, 1.165) is 19.3 Å². The number of carbonyl (C=O) groups excluding carboxylic acids is 2. The van der Waals surface area contributed by atoms with Crippen LogP contribution in [-0.4, -0.2) is 30.4 Å². The molecule has 0 radical (unpaired) electrons. The number of amides is 2. The number of rotatable bonds is 7. The highest BCUT2D eigenvalue weighted by Crippen LogP contribution is 2.18. The summed E-state index contributed by atoms with van der Waals surface area (Å²) in [5.41, 5.74) is 5.77. The lowest BCUT2D eigenvalue weighted by Crippen LogP contribution is -2.45. The summed E-state index contributed by atoms with van der Waals surface area (Å²) in [7, 11) is 0. The van der Waals surface area contributed by atoms with Gasteiger partial charge in [0.2, 0.25) is 11.8 Å². The fraction of sp³-hybridized carbons (Fsp3) is 0.833. The van der Waals surface area contributed by atoms with Crippen LogP contribution in [0.1, 0.15) is 39.5 Å². The summed E-state index contributed by atoms with van der Waals surface area (Å²) in [5, 5.41) is 5.57. The lowest BCUT2D eigenvalue weighted by molar-refractivity contribution is -0.124. The highest BCUT2D eigenvalue weighted by Gasteiger charge is 2.23. The fourth-order valence-corrected chi connectivity index (χ4v) is 1.46. The van der Waals surface area contributed by atoms with Crippen LogP contribution < -0.4 is 16.4 Å². The maximum absolute atomic E-state index is 11.6. The number of carbonyl (C=O) groups is 2. The largest absolute Gasteiger partial charge is 0.354 e. The zero-order chi connectivity index (χ0) is 12.8. The highest BCUT2D eigenvalue weighted by atomic mass is 16.2. The molecule has 0 heterocycles. The predicted octanol–water partition coefficient (Wildman–Crippen LogP) is 0.145.